The first-order valence-corrected chi connectivity index (χ1v) is 7.76. The zero-order valence-corrected chi connectivity index (χ0v) is 11.7. The van der Waals surface area contributed by atoms with Crippen molar-refractivity contribution in [3.05, 3.63) is 30.1 Å². The van der Waals surface area contributed by atoms with E-state index >= 15 is 0 Å². The maximum atomic E-state index is 4.10. The third-order valence-electron chi connectivity index (χ3n) is 4.66. The van der Waals surface area contributed by atoms with Crippen LogP contribution in [-0.4, -0.2) is 35.6 Å². The molecule has 1 unspecified atom stereocenters. The van der Waals surface area contributed by atoms with Crippen molar-refractivity contribution in [3.63, 3.8) is 0 Å². The number of hydrogen-bond donors (Lipinski definition) is 1. The molecule has 0 amide bonds. The van der Waals surface area contributed by atoms with Crippen molar-refractivity contribution in [1.82, 2.24) is 15.2 Å². The molecule has 1 aromatic rings. The van der Waals surface area contributed by atoms with Gasteiger partial charge in [-0.05, 0) is 36.5 Å². The SMILES string of the molecule is c1cc(CN2CCNC(C3CCCCC3)C2)ccn1. The van der Waals surface area contributed by atoms with Crippen LogP contribution < -0.4 is 5.32 Å². The molecule has 3 nitrogen and oxygen atoms in total. The summed E-state index contributed by atoms with van der Waals surface area (Å²) in [6, 6.07) is 4.99. The molecule has 1 aliphatic heterocycles. The number of aromatic nitrogens is 1. The van der Waals surface area contributed by atoms with Crippen molar-refractivity contribution in [2.45, 2.75) is 44.7 Å². The van der Waals surface area contributed by atoms with Gasteiger partial charge in [0.1, 0.15) is 0 Å². The summed E-state index contributed by atoms with van der Waals surface area (Å²) in [4.78, 5) is 6.70. The van der Waals surface area contributed by atoms with Crippen LogP contribution in [0.5, 0.6) is 0 Å². The Morgan fingerprint density at radius 3 is 2.74 bits per heavy atom. The maximum Gasteiger partial charge on any atom is 0.0271 e. The minimum Gasteiger partial charge on any atom is -0.311 e. The highest BCUT2D eigenvalue weighted by Crippen LogP contribution is 2.27. The van der Waals surface area contributed by atoms with Crippen LogP contribution in [0, 0.1) is 5.92 Å². The van der Waals surface area contributed by atoms with Gasteiger partial charge in [0.25, 0.3) is 0 Å². The van der Waals surface area contributed by atoms with Crippen molar-refractivity contribution >= 4 is 0 Å². The van der Waals surface area contributed by atoms with Crippen LogP contribution in [0.2, 0.25) is 0 Å². The van der Waals surface area contributed by atoms with Gasteiger partial charge in [0, 0.05) is 44.6 Å². The lowest BCUT2D eigenvalue weighted by molar-refractivity contribution is 0.141. The van der Waals surface area contributed by atoms with E-state index in [0.717, 1.165) is 25.0 Å². The Balaban J connectivity index is 1.55. The Kier molecular flexibility index (Phi) is 4.46. The number of hydrogen-bond acceptors (Lipinski definition) is 3. The Hall–Kier alpha value is -0.930. The number of piperazine rings is 1. The number of nitrogens with one attached hydrogen (secondary N) is 1. The van der Waals surface area contributed by atoms with Crippen molar-refractivity contribution < 1.29 is 0 Å². The number of pyridine rings is 1. The summed E-state index contributed by atoms with van der Waals surface area (Å²) >= 11 is 0. The summed E-state index contributed by atoms with van der Waals surface area (Å²) in [7, 11) is 0. The molecule has 1 aliphatic carbocycles. The molecule has 3 heteroatoms. The van der Waals surface area contributed by atoms with Gasteiger partial charge in [0.15, 0.2) is 0 Å². The van der Waals surface area contributed by atoms with E-state index in [-0.39, 0.29) is 0 Å². The van der Waals surface area contributed by atoms with Gasteiger partial charge >= 0.3 is 0 Å². The van der Waals surface area contributed by atoms with Crippen LogP contribution in [0.1, 0.15) is 37.7 Å². The summed E-state index contributed by atoms with van der Waals surface area (Å²) in [6.07, 6.45) is 11.0. The van der Waals surface area contributed by atoms with E-state index in [4.69, 9.17) is 0 Å². The molecule has 1 N–H and O–H groups in total. The molecule has 0 bridgehead atoms. The first-order valence-electron chi connectivity index (χ1n) is 7.76. The minimum atomic E-state index is 0.718. The maximum absolute atomic E-state index is 4.10. The zero-order valence-electron chi connectivity index (χ0n) is 11.7. The van der Waals surface area contributed by atoms with Crippen molar-refractivity contribution in [1.29, 1.82) is 0 Å². The van der Waals surface area contributed by atoms with Crippen LogP contribution in [0.3, 0.4) is 0 Å². The molecule has 1 atom stereocenters. The Morgan fingerprint density at radius 2 is 1.95 bits per heavy atom. The lowest BCUT2D eigenvalue weighted by Gasteiger charge is -2.39. The van der Waals surface area contributed by atoms with Gasteiger partial charge in [0.05, 0.1) is 0 Å². The third kappa shape index (κ3) is 3.54. The molecule has 19 heavy (non-hydrogen) atoms. The highest BCUT2D eigenvalue weighted by atomic mass is 15.2. The lowest BCUT2D eigenvalue weighted by Crippen LogP contribution is -2.53. The Bertz CT molecular complexity index is 373. The topological polar surface area (TPSA) is 28.2 Å². The molecule has 3 rings (SSSR count). The standard InChI is InChI=1S/C16H25N3/c1-2-4-15(5-3-1)16-13-19(11-10-18-16)12-14-6-8-17-9-7-14/h6-9,15-16,18H,1-5,10-13H2. The average Bonchev–Trinajstić information content (AvgIpc) is 2.49. The quantitative estimate of drug-likeness (QED) is 0.903. The zero-order chi connectivity index (χ0) is 12.9. The van der Waals surface area contributed by atoms with Crippen molar-refractivity contribution in [2.24, 2.45) is 5.92 Å². The summed E-state index contributed by atoms with van der Waals surface area (Å²) < 4.78 is 0. The van der Waals surface area contributed by atoms with E-state index in [2.05, 4.69) is 27.3 Å². The fourth-order valence-electron chi connectivity index (χ4n) is 3.58. The van der Waals surface area contributed by atoms with Crippen LogP contribution in [0.25, 0.3) is 0 Å². The van der Waals surface area contributed by atoms with Gasteiger partial charge in [0.2, 0.25) is 0 Å². The lowest BCUT2D eigenvalue weighted by atomic mass is 9.83. The van der Waals surface area contributed by atoms with Gasteiger partial charge in [-0.1, -0.05) is 19.3 Å². The summed E-state index contributed by atoms with van der Waals surface area (Å²) in [5, 5.41) is 3.75. The van der Waals surface area contributed by atoms with Gasteiger partial charge in [-0.15, -0.1) is 0 Å². The molecule has 0 spiro atoms. The van der Waals surface area contributed by atoms with E-state index in [1.807, 2.05) is 12.4 Å². The predicted octanol–water partition coefficient (Wildman–Crippen LogP) is 2.44. The Labute approximate surface area is 116 Å². The third-order valence-corrected chi connectivity index (χ3v) is 4.66. The molecule has 1 saturated heterocycles. The van der Waals surface area contributed by atoms with Crippen LogP contribution in [0.4, 0.5) is 0 Å². The monoisotopic (exact) mass is 259 g/mol. The minimum absolute atomic E-state index is 0.718. The highest BCUT2D eigenvalue weighted by Gasteiger charge is 2.27. The second-order valence-electron chi connectivity index (χ2n) is 6.05. The van der Waals surface area contributed by atoms with E-state index in [0.29, 0.717) is 0 Å². The number of nitrogens with zero attached hydrogens (tertiary/aromatic N) is 2. The largest absolute Gasteiger partial charge is 0.311 e. The molecule has 104 valence electrons. The molecule has 0 aromatic carbocycles. The highest BCUT2D eigenvalue weighted by molar-refractivity contribution is 5.09. The first-order chi connectivity index (χ1) is 9.42. The molecule has 0 radical (unpaired) electrons. The fourth-order valence-corrected chi connectivity index (χ4v) is 3.58. The van der Waals surface area contributed by atoms with Crippen molar-refractivity contribution in [2.75, 3.05) is 19.6 Å². The molecule has 2 aliphatic rings. The summed E-state index contributed by atoms with van der Waals surface area (Å²) in [5.41, 5.74) is 1.39. The van der Waals surface area contributed by atoms with Gasteiger partial charge in [-0.25, -0.2) is 0 Å². The van der Waals surface area contributed by atoms with E-state index in [1.54, 1.807) is 0 Å². The molecular weight excluding hydrogens is 234 g/mol. The molecular formula is C16H25N3. The normalized spacial score (nSPS) is 26.4. The van der Waals surface area contributed by atoms with Gasteiger partial charge in [-0.3, -0.25) is 9.88 Å². The summed E-state index contributed by atoms with van der Waals surface area (Å²) in [5.74, 6) is 0.911. The smallest absolute Gasteiger partial charge is 0.0271 e. The van der Waals surface area contributed by atoms with Gasteiger partial charge in [-0.2, -0.15) is 0 Å². The molecule has 2 heterocycles. The van der Waals surface area contributed by atoms with E-state index in [9.17, 15) is 0 Å². The van der Waals surface area contributed by atoms with E-state index in [1.165, 1.54) is 50.8 Å². The fraction of sp³-hybridized carbons (Fsp3) is 0.688. The predicted molar refractivity (Wildman–Crippen MR) is 77.9 cm³/mol. The Morgan fingerprint density at radius 1 is 1.16 bits per heavy atom. The molecule has 1 aromatic heterocycles. The number of rotatable bonds is 3. The second-order valence-corrected chi connectivity index (χ2v) is 6.05. The van der Waals surface area contributed by atoms with Crippen LogP contribution in [-0.2, 0) is 6.54 Å². The second kappa shape index (κ2) is 6.49. The average molecular weight is 259 g/mol. The van der Waals surface area contributed by atoms with Crippen molar-refractivity contribution in [3.8, 4) is 0 Å². The summed E-state index contributed by atoms with van der Waals surface area (Å²) in [6.45, 7) is 4.61. The molecule has 2 fully saturated rings. The molecule has 1 saturated carbocycles. The van der Waals surface area contributed by atoms with Gasteiger partial charge < -0.3 is 5.32 Å². The van der Waals surface area contributed by atoms with Crippen LogP contribution in [0.15, 0.2) is 24.5 Å². The van der Waals surface area contributed by atoms with Crippen LogP contribution >= 0.6 is 0 Å². The first kappa shape index (κ1) is 13.1. The van der Waals surface area contributed by atoms with E-state index < -0.39 is 0 Å².